The minimum Gasteiger partial charge on any atom is -0.398 e. The van der Waals surface area contributed by atoms with Crippen molar-refractivity contribution in [2.75, 3.05) is 5.73 Å². The molecule has 0 heterocycles. The average Bonchev–Trinajstić information content (AvgIpc) is 2.82. The molecule has 74 valence electrons. The van der Waals surface area contributed by atoms with Gasteiger partial charge >= 0.3 is 0 Å². The highest BCUT2D eigenvalue weighted by atomic mass is 35.5. The summed E-state index contributed by atoms with van der Waals surface area (Å²) in [6.45, 7) is 0. The van der Waals surface area contributed by atoms with E-state index in [4.69, 9.17) is 17.3 Å². The van der Waals surface area contributed by atoms with Crippen LogP contribution in [0.3, 0.4) is 0 Å². The van der Waals surface area contributed by atoms with Gasteiger partial charge in [0.2, 0.25) is 0 Å². The van der Waals surface area contributed by atoms with E-state index in [1.54, 1.807) is 0 Å². The van der Waals surface area contributed by atoms with Crippen LogP contribution < -0.4 is 5.73 Å². The van der Waals surface area contributed by atoms with Crippen molar-refractivity contribution in [2.45, 2.75) is 38.5 Å². The largest absolute Gasteiger partial charge is 0.398 e. The second-order valence-corrected chi connectivity index (χ2v) is 4.73. The van der Waals surface area contributed by atoms with E-state index < -0.39 is 0 Å². The van der Waals surface area contributed by atoms with Crippen LogP contribution in [0.15, 0.2) is 0 Å². The first kappa shape index (κ1) is 8.60. The van der Waals surface area contributed by atoms with Crippen molar-refractivity contribution in [2.24, 2.45) is 0 Å². The van der Waals surface area contributed by atoms with E-state index in [-0.39, 0.29) is 0 Å². The highest BCUT2D eigenvalue weighted by Crippen LogP contribution is 2.42. The fraction of sp³-hybridized carbons (Fsp3) is 0.500. The Hall–Kier alpha value is -0.690. The van der Waals surface area contributed by atoms with Gasteiger partial charge in [0.1, 0.15) is 0 Å². The number of hydrogen-bond donors (Lipinski definition) is 1. The fourth-order valence-corrected chi connectivity index (χ4v) is 3.35. The van der Waals surface area contributed by atoms with Crippen LogP contribution in [0, 0.1) is 0 Å². The number of fused-ring (bicyclic) bond motifs is 2. The van der Waals surface area contributed by atoms with Gasteiger partial charge in [-0.15, -0.1) is 0 Å². The van der Waals surface area contributed by atoms with Gasteiger partial charge in [0, 0.05) is 10.7 Å². The predicted octanol–water partition coefficient (Wildman–Crippen LogP) is 2.90. The smallest absolute Gasteiger partial charge is 0.0477 e. The summed E-state index contributed by atoms with van der Waals surface area (Å²) >= 11 is 6.42. The van der Waals surface area contributed by atoms with E-state index in [0.29, 0.717) is 0 Å². The van der Waals surface area contributed by atoms with E-state index in [1.165, 1.54) is 35.1 Å². The van der Waals surface area contributed by atoms with Crippen LogP contribution >= 0.6 is 11.6 Å². The lowest BCUT2D eigenvalue weighted by atomic mass is 9.99. The van der Waals surface area contributed by atoms with Crippen LogP contribution in [-0.2, 0) is 25.7 Å². The molecule has 3 rings (SSSR count). The van der Waals surface area contributed by atoms with Crippen molar-refractivity contribution in [3.05, 3.63) is 27.3 Å². The van der Waals surface area contributed by atoms with Crippen molar-refractivity contribution in [3.8, 4) is 0 Å². The molecule has 0 aromatic heterocycles. The topological polar surface area (TPSA) is 26.0 Å². The number of rotatable bonds is 0. The zero-order valence-corrected chi connectivity index (χ0v) is 8.95. The molecule has 0 radical (unpaired) electrons. The molecular weight excluding hydrogens is 194 g/mol. The maximum atomic E-state index is 6.42. The zero-order chi connectivity index (χ0) is 9.71. The van der Waals surface area contributed by atoms with Crippen LogP contribution in [0.5, 0.6) is 0 Å². The third-order valence-corrected chi connectivity index (χ3v) is 4.07. The molecule has 1 nitrogen and oxygen atoms in total. The van der Waals surface area contributed by atoms with Gasteiger partial charge in [-0.05, 0) is 60.8 Å². The summed E-state index contributed by atoms with van der Waals surface area (Å²) in [5, 5.41) is 1.04. The Morgan fingerprint density at radius 1 is 0.786 bits per heavy atom. The average molecular weight is 208 g/mol. The second-order valence-electron chi connectivity index (χ2n) is 4.35. The first-order valence-electron chi connectivity index (χ1n) is 5.39. The first-order chi connectivity index (χ1) is 6.79. The number of nitrogen functional groups attached to an aromatic ring is 1. The molecule has 2 heteroatoms. The molecule has 0 spiro atoms. The van der Waals surface area contributed by atoms with Crippen molar-refractivity contribution >= 4 is 17.3 Å². The lowest BCUT2D eigenvalue weighted by Crippen LogP contribution is -2.01. The van der Waals surface area contributed by atoms with Crippen molar-refractivity contribution in [1.82, 2.24) is 0 Å². The maximum Gasteiger partial charge on any atom is 0.0477 e. The fourth-order valence-electron chi connectivity index (χ4n) is 2.93. The molecule has 1 aromatic rings. The summed E-state index contributed by atoms with van der Waals surface area (Å²) in [6, 6.07) is 0. The minimum atomic E-state index is 1.04. The Morgan fingerprint density at radius 3 is 1.71 bits per heavy atom. The summed E-state index contributed by atoms with van der Waals surface area (Å²) < 4.78 is 0. The highest BCUT2D eigenvalue weighted by Gasteiger charge is 2.26. The Kier molecular flexibility index (Phi) is 1.78. The summed E-state index contributed by atoms with van der Waals surface area (Å²) in [5.41, 5.74) is 12.7. The molecule has 0 atom stereocenters. The molecule has 1 aromatic carbocycles. The monoisotopic (exact) mass is 207 g/mol. The van der Waals surface area contributed by atoms with Crippen molar-refractivity contribution < 1.29 is 0 Å². The Morgan fingerprint density at radius 2 is 1.21 bits per heavy atom. The molecule has 2 N–H and O–H groups in total. The summed E-state index contributed by atoms with van der Waals surface area (Å²) in [4.78, 5) is 0. The van der Waals surface area contributed by atoms with Crippen LogP contribution in [0.25, 0.3) is 0 Å². The van der Waals surface area contributed by atoms with Crippen LogP contribution in [0.4, 0.5) is 5.69 Å². The standard InChI is InChI=1S/C12H14ClN/c13-11-7-3-1-5-9(7)12(14)10-6-2-4-8(10)11/h1-6,14H2. The van der Waals surface area contributed by atoms with E-state index >= 15 is 0 Å². The van der Waals surface area contributed by atoms with Crippen LogP contribution in [-0.4, -0.2) is 0 Å². The summed E-state index contributed by atoms with van der Waals surface area (Å²) in [7, 11) is 0. The molecule has 0 aliphatic heterocycles. The lowest BCUT2D eigenvalue weighted by molar-refractivity contribution is 0.899. The molecule has 2 aliphatic carbocycles. The van der Waals surface area contributed by atoms with Gasteiger partial charge in [-0.2, -0.15) is 0 Å². The third-order valence-electron chi connectivity index (χ3n) is 3.62. The van der Waals surface area contributed by atoms with Gasteiger partial charge in [0.05, 0.1) is 0 Å². The Balaban J connectivity index is 2.33. The van der Waals surface area contributed by atoms with Gasteiger partial charge in [0.25, 0.3) is 0 Å². The van der Waals surface area contributed by atoms with Crippen LogP contribution in [0.1, 0.15) is 35.1 Å². The number of anilines is 1. The normalized spacial score (nSPS) is 18.4. The first-order valence-corrected chi connectivity index (χ1v) is 5.77. The van der Waals surface area contributed by atoms with Crippen molar-refractivity contribution in [1.29, 1.82) is 0 Å². The maximum absolute atomic E-state index is 6.42. The minimum absolute atomic E-state index is 1.04. The number of hydrogen-bond acceptors (Lipinski definition) is 1. The number of nitrogens with two attached hydrogens (primary N) is 1. The molecule has 0 saturated heterocycles. The van der Waals surface area contributed by atoms with Crippen LogP contribution in [0.2, 0.25) is 5.02 Å². The molecule has 14 heavy (non-hydrogen) atoms. The highest BCUT2D eigenvalue weighted by molar-refractivity contribution is 6.32. The quantitative estimate of drug-likeness (QED) is 0.651. The zero-order valence-electron chi connectivity index (χ0n) is 8.20. The molecule has 0 amide bonds. The molecule has 0 saturated carbocycles. The van der Waals surface area contributed by atoms with E-state index in [1.807, 2.05) is 0 Å². The van der Waals surface area contributed by atoms with E-state index in [2.05, 4.69) is 0 Å². The van der Waals surface area contributed by atoms with Gasteiger partial charge in [0.15, 0.2) is 0 Å². The number of halogens is 1. The summed E-state index contributed by atoms with van der Waals surface area (Å²) in [5.74, 6) is 0. The lowest BCUT2D eigenvalue weighted by Gasteiger charge is -2.13. The Bertz CT molecular complexity index is 337. The third kappa shape index (κ3) is 0.964. The van der Waals surface area contributed by atoms with E-state index in [9.17, 15) is 0 Å². The molecule has 0 fully saturated rings. The molecule has 0 bridgehead atoms. The van der Waals surface area contributed by atoms with E-state index in [0.717, 1.165) is 36.4 Å². The molecular formula is C12H14ClN. The van der Waals surface area contributed by atoms with Gasteiger partial charge < -0.3 is 5.73 Å². The van der Waals surface area contributed by atoms with Gasteiger partial charge in [-0.25, -0.2) is 0 Å². The molecule has 0 unspecified atom stereocenters. The Labute approximate surface area is 89.3 Å². The number of benzene rings is 1. The predicted molar refractivity (Wildman–Crippen MR) is 59.9 cm³/mol. The van der Waals surface area contributed by atoms with Crippen molar-refractivity contribution in [3.63, 3.8) is 0 Å². The molecule has 2 aliphatic rings. The van der Waals surface area contributed by atoms with Gasteiger partial charge in [-0.1, -0.05) is 11.6 Å². The SMILES string of the molecule is Nc1c2c(c(Cl)c3c1CCC3)CCC2. The summed E-state index contributed by atoms with van der Waals surface area (Å²) in [6.07, 6.45) is 6.98. The second kappa shape index (κ2) is 2.90. The van der Waals surface area contributed by atoms with Gasteiger partial charge in [-0.3, -0.25) is 0 Å².